The number of hydrogen-bond donors (Lipinski definition) is 2. The molecule has 0 saturated heterocycles. The molecule has 1 fully saturated rings. The third-order valence-corrected chi connectivity index (χ3v) is 3.20. The SMILES string of the molecule is NCCS(=O)CCC(=O)NC1CC1. The molecule has 0 spiro atoms. The maximum Gasteiger partial charge on any atom is 0.221 e. The molecule has 0 aromatic rings. The molecule has 1 aliphatic rings. The molecule has 4 nitrogen and oxygen atoms in total. The van der Waals surface area contributed by atoms with Gasteiger partial charge in [-0.05, 0) is 12.8 Å². The Morgan fingerprint density at radius 1 is 1.46 bits per heavy atom. The molecule has 0 bridgehead atoms. The molecule has 1 unspecified atom stereocenters. The fourth-order valence-electron chi connectivity index (χ4n) is 0.968. The minimum absolute atomic E-state index is 0.0212. The first-order valence-corrected chi connectivity index (χ1v) is 6.05. The van der Waals surface area contributed by atoms with Crippen molar-refractivity contribution in [2.75, 3.05) is 18.1 Å². The van der Waals surface area contributed by atoms with Crippen molar-refractivity contribution in [3.63, 3.8) is 0 Å². The van der Waals surface area contributed by atoms with Crippen LogP contribution in [0.1, 0.15) is 19.3 Å². The van der Waals surface area contributed by atoms with Crippen LogP contribution in [0.3, 0.4) is 0 Å². The van der Waals surface area contributed by atoms with E-state index in [2.05, 4.69) is 5.32 Å². The molecule has 76 valence electrons. The molecule has 1 amide bonds. The average Bonchev–Trinajstić information content (AvgIpc) is 2.85. The quantitative estimate of drug-likeness (QED) is 0.604. The Balaban J connectivity index is 2.02. The summed E-state index contributed by atoms with van der Waals surface area (Å²) in [5.74, 6) is 0.958. The van der Waals surface area contributed by atoms with Gasteiger partial charge in [0.15, 0.2) is 0 Å². The van der Waals surface area contributed by atoms with Crippen LogP contribution in [0.25, 0.3) is 0 Å². The molecule has 0 aliphatic heterocycles. The molecule has 1 atom stereocenters. The van der Waals surface area contributed by atoms with E-state index >= 15 is 0 Å². The van der Waals surface area contributed by atoms with Gasteiger partial charge in [0.1, 0.15) is 0 Å². The summed E-state index contributed by atoms with van der Waals surface area (Å²) in [4.78, 5) is 11.1. The molecule has 5 heteroatoms. The zero-order chi connectivity index (χ0) is 9.68. The number of nitrogens with two attached hydrogens (primary N) is 1. The molecule has 3 N–H and O–H groups in total. The van der Waals surface area contributed by atoms with Gasteiger partial charge in [0, 0.05) is 41.3 Å². The molecule has 0 aromatic heterocycles. The van der Waals surface area contributed by atoms with E-state index < -0.39 is 10.8 Å². The van der Waals surface area contributed by atoms with Crippen LogP contribution < -0.4 is 11.1 Å². The van der Waals surface area contributed by atoms with Crippen LogP contribution in [0, 0.1) is 0 Å². The lowest BCUT2D eigenvalue weighted by molar-refractivity contribution is -0.120. The molecule has 1 rings (SSSR count). The highest BCUT2D eigenvalue weighted by molar-refractivity contribution is 7.85. The number of hydrogen-bond acceptors (Lipinski definition) is 3. The van der Waals surface area contributed by atoms with Crippen LogP contribution in [0.2, 0.25) is 0 Å². The zero-order valence-corrected chi connectivity index (χ0v) is 8.44. The van der Waals surface area contributed by atoms with Gasteiger partial charge in [0.05, 0.1) is 0 Å². The monoisotopic (exact) mass is 204 g/mol. The summed E-state index contributed by atoms with van der Waals surface area (Å²) in [6.45, 7) is 0.427. The van der Waals surface area contributed by atoms with E-state index in [1.54, 1.807) is 0 Å². The van der Waals surface area contributed by atoms with Crippen LogP contribution in [0.4, 0.5) is 0 Å². The molecule has 1 aliphatic carbocycles. The average molecular weight is 204 g/mol. The fraction of sp³-hybridized carbons (Fsp3) is 0.875. The Hall–Kier alpha value is -0.420. The Labute approximate surface area is 80.7 Å². The van der Waals surface area contributed by atoms with Crippen molar-refractivity contribution in [2.24, 2.45) is 5.73 Å². The van der Waals surface area contributed by atoms with E-state index in [4.69, 9.17) is 5.73 Å². The molecule has 0 aromatic carbocycles. The largest absolute Gasteiger partial charge is 0.353 e. The Kier molecular flexibility index (Phi) is 4.38. The van der Waals surface area contributed by atoms with E-state index in [1.807, 2.05) is 0 Å². The van der Waals surface area contributed by atoms with Gasteiger partial charge < -0.3 is 11.1 Å². The normalized spacial score (nSPS) is 18.2. The summed E-state index contributed by atoms with van der Waals surface area (Å²) >= 11 is 0. The highest BCUT2D eigenvalue weighted by Gasteiger charge is 2.22. The first kappa shape index (κ1) is 10.7. The van der Waals surface area contributed by atoms with Crippen LogP contribution in [0.5, 0.6) is 0 Å². The highest BCUT2D eigenvalue weighted by atomic mass is 32.2. The van der Waals surface area contributed by atoms with Gasteiger partial charge in [-0.3, -0.25) is 9.00 Å². The van der Waals surface area contributed by atoms with Crippen LogP contribution in [-0.2, 0) is 15.6 Å². The van der Waals surface area contributed by atoms with Crippen LogP contribution >= 0.6 is 0 Å². The van der Waals surface area contributed by atoms with Crippen molar-refractivity contribution >= 4 is 16.7 Å². The van der Waals surface area contributed by atoms with Crippen molar-refractivity contribution in [2.45, 2.75) is 25.3 Å². The summed E-state index contributed by atoms with van der Waals surface area (Å²) in [7, 11) is -0.921. The minimum atomic E-state index is -0.921. The van der Waals surface area contributed by atoms with Gasteiger partial charge in [-0.1, -0.05) is 0 Å². The number of nitrogens with one attached hydrogen (secondary N) is 1. The molecule has 0 heterocycles. The third kappa shape index (κ3) is 5.00. The van der Waals surface area contributed by atoms with Gasteiger partial charge in [0.25, 0.3) is 0 Å². The predicted octanol–water partition coefficient (Wildman–Crippen LogP) is -0.637. The fourth-order valence-corrected chi connectivity index (χ4v) is 1.85. The first-order chi connectivity index (χ1) is 6.22. The van der Waals surface area contributed by atoms with Gasteiger partial charge in [-0.2, -0.15) is 0 Å². The molecular formula is C8H16N2O2S. The second-order valence-electron chi connectivity index (χ2n) is 3.23. The van der Waals surface area contributed by atoms with Crippen molar-refractivity contribution in [1.29, 1.82) is 0 Å². The van der Waals surface area contributed by atoms with E-state index in [1.165, 1.54) is 0 Å². The van der Waals surface area contributed by atoms with Crippen molar-refractivity contribution in [1.82, 2.24) is 5.32 Å². The second kappa shape index (κ2) is 5.34. The standard InChI is InChI=1S/C8H16N2O2S/c9-4-6-13(12)5-3-8(11)10-7-1-2-7/h7H,1-6,9H2,(H,10,11). The summed E-state index contributed by atoms with van der Waals surface area (Å²) in [5.41, 5.74) is 5.23. The number of rotatable bonds is 6. The van der Waals surface area contributed by atoms with E-state index in [9.17, 15) is 9.00 Å². The number of amides is 1. The van der Waals surface area contributed by atoms with Gasteiger partial charge in [-0.25, -0.2) is 0 Å². The van der Waals surface area contributed by atoms with E-state index in [-0.39, 0.29) is 5.91 Å². The van der Waals surface area contributed by atoms with Crippen molar-refractivity contribution in [3.8, 4) is 0 Å². The van der Waals surface area contributed by atoms with Gasteiger partial charge in [0.2, 0.25) is 5.91 Å². The van der Waals surface area contributed by atoms with E-state index in [0.29, 0.717) is 30.5 Å². The lowest BCUT2D eigenvalue weighted by Crippen LogP contribution is -2.27. The summed E-state index contributed by atoms with van der Waals surface area (Å²) in [5, 5.41) is 2.85. The Morgan fingerprint density at radius 2 is 2.15 bits per heavy atom. The molecule has 0 radical (unpaired) electrons. The summed E-state index contributed by atoms with van der Waals surface area (Å²) < 4.78 is 11.1. The maximum atomic E-state index is 11.1. The van der Waals surface area contributed by atoms with Crippen molar-refractivity contribution < 1.29 is 9.00 Å². The van der Waals surface area contributed by atoms with Gasteiger partial charge in [-0.15, -0.1) is 0 Å². The minimum Gasteiger partial charge on any atom is -0.353 e. The highest BCUT2D eigenvalue weighted by Crippen LogP contribution is 2.18. The third-order valence-electron chi connectivity index (χ3n) is 1.84. The van der Waals surface area contributed by atoms with E-state index in [0.717, 1.165) is 12.8 Å². The summed E-state index contributed by atoms with van der Waals surface area (Å²) in [6, 6.07) is 0.399. The Bertz CT molecular complexity index is 204. The Morgan fingerprint density at radius 3 is 2.69 bits per heavy atom. The lowest BCUT2D eigenvalue weighted by Gasteiger charge is -2.02. The molecule has 1 saturated carbocycles. The molecule has 13 heavy (non-hydrogen) atoms. The zero-order valence-electron chi connectivity index (χ0n) is 7.62. The van der Waals surface area contributed by atoms with Gasteiger partial charge >= 0.3 is 0 Å². The smallest absolute Gasteiger partial charge is 0.221 e. The van der Waals surface area contributed by atoms with Crippen molar-refractivity contribution in [3.05, 3.63) is 0 Å². The van der Waals surface area contributed by atoms with Crippen LogP contribution in [0.15, 0.2) is 0 Å². The maximum absolute atomic E-state index is 11.1. The van der Waals surface area contributed by atoms with Crippen LogP contribution in [-0.4, -0.2) is 34.2 Å². The lowest BCUT2D eigenvalue weighted by atomic mass is 10.4. The second-order valence-corrected chi connectivity index (χ2v) is 4.92. The first-order valence-electron chi connectivity index (χ1n) is 4.57. The number of carbonyl (C=O) groups is 1. The summed E-state index contributed by atoms with van der Waals surface area (Å²) in [6.07, 6.45) is 2.55. The molecular weight excluding hydrogens is 188 g/mol. The number of carbonyl (C=O) groups excluding carboxylic acids is 1. The topological polar surface area (TPSA) is 72.2 Å². The predicted molar refractivity (Wildman–Crippen MR) is 52.7 cm³/mol.